The predicted molar refractivity (Wildman–Crippen MR) is 86.9 cm³/mol. The minimum Gasteiger partial charge on any atom is -0.305 e. The molecule has 0 bridgehead atoms. The maximum Gasteiger partial charge on any atom is 0.0535 e. The van der Waals surface area contributed by atoms with E-state index in [4.69, 9.17) is 0 Å². The molecule has 1 aromatic carbocycles. The van der Waals surface area contributed by atoms with Gasteiger partial charge in [0, 0.05) is 25.7 Å². The number of rotatable bonds is 4. The van der Waals surface area contributed by atoms with Crippen LogP contribution in [0.3, 0.4) is 0 Å². The van der Waals surface area contributed by atoms with E-state index < -0.39 is 0 Å². The van der Waals surface area contributed by atoms with Crippen LogP contribution in [0.1, 0.15) is 39.7 Å². The largest absolute Gasteiger partial charge is 0.305 e. The second-order valence-corrected chi connectivity index (χ2v) is 6.35. The Bertz CT molecular complexity index is 448. The summed E-state index contributed by atoms with van der Waals surface area (Å²) in [6.45, 7) is 12.2. The molecule has 0 aliphatic carbocycles. The molecular weight excluding hydrogens is 244 g/mol. The molecule has 20 heavy (non-hydrogen) atoms. The molecule has 0 saturated carbocycles. The SMILES string of the molecule is CCC1CNC(C)(c2ccccc2)CN1CC=C(C)C. The molecule has 0 aromatic heterocycles. The lowest BCUT2D eigenvalue weighted by atomic mass is 9.87. The van der Waals surface area contributed by atoms with E-state index in [2.05, 4.69) is 74.3 Å². The number of piperazine rings is 1. The molecule has 2 unspecified atom stereocenters. The highest BCUT2D eigenvalue weighted by Gasteiger charge is 2.35. The van der Waals surface area contributed by atoms with Gasteiger partial charge in [-0.15, -0.1) is 0 Å². The smallest absolute Gasteiger partial charge is 0.0535 e. The summed E-state index contributed by atoms with van der Waals surface area (Å²) in [4.78, 5) is 2.62. The molecule has 1 N–H and O–H groups in total. The Morgan fingerprint density at radius 2 is 2.05 bits per heavy atom. The molecule has 1 aliphatic heterocycles. The average molecular weight is 272 g/mol. The summed E-state index contributed by atoms with van der Waals surface area (Å²) in [5, 5.41) is 3.77. The number of nitrogens with zero attached hydrogens (tertiary/aromatic N) is 1. The second kappa shape index (κ2) is 6.55. The molecular formula is C18H28N2. The third kappa shape index (κ3) is 3.50. The molecule has 1 heterocycles. The fourth-order valence-corrected chi connectivity index (χ4v) is 2.98. The van der Waals surface area contributed by atoms with Crippen molar-refractivity contribution in [2.24, 2.45) is 0 Å². The molecule has 110 valence electrons. The van der Waals surface area contributed by atoms with E-state index in [9.17, 15) is 0 Å². The number of hydrogen-bond donors (Lipinski definition) is 1. The van der Waals surface area contributed by atoms with Gasteiger partial charge in [0.05, 0.1) is 5.54 Å². The highest BCUT2D eigenvalue weighted by molar-refractivity contribution is 5.25. The van der Waals surface area contributed by atoms with Crippen LogP contribution in [-0.2, 0) is 5.54 Å². The first kappa shape index (κ1) is 15.3. The van der Waals surface area contributed by atoms with Crippen LogP contribution in [0.5, 0.6) is 0 Å². The molecule has 1 aliphatic rings. The highest BCUT2D eigenvalue weighted by atomic mass is 15.2. The molecule has 2 nitrogen and oxygen atoms in total. The molecule has 1 fully saturated rings. The summed E-state index contributed by atoms with van der Waals surface area (Å²) in [5.74, 6) is 0. The Kier molecular flexibility index (Phi) is 5.00. The third-order valence-corrected chi connectivity index (χ3v) is 4.38. The van der Waals surface area contributed by atoms with E-state index in [0.717, 1.165) is 19.6 Å². The number of hydrogen-bond acceptors (Lipinski definition) is 2. The van der Waals surface area contributed by atoms with Crippen LogP contribution < -0.4 is 5.32 Å². The van der Waals surface area contributed by atoms with Gasteiger partial charge in [0.1, 0.15) is 0 Å². The van der Waals surface area contributed by atoms with E-state index in [-0.39, 0.29) is 5.54 Å². The van der Waals surface area contributed by atoms with E-state index in [0.29, 0.717) is 6.04 Å². The zero-order valence-electron chi connectivity index (χ0n) is 13.3. The summed E-state index contributed by atoms with van der Waals surface area (Å²) in [5.41, 5.74) is 2.85. The summed E-state index contributed by atoms with van der Waals surface area (Å²) >= 11 is 0. The number of benzene rings is 1. The van der Waals surface area contributed by atoms with E-state index in [1.807, 2.05) is 0 Å². The van der Waals surface area contributed by atoms with Gasteiger partial charge in [0.25, 0.3) is 0 Å². The fourth-order valence-electron chi connectivity index (χ4n) is 2.98. The molecule has 2 atom stereocenters. The van der Waals surface area contributed by atoms with Gasteiger partial charge in [-0.05, 0) is 32.8 Å². The fraction of sp³-hybridized carbons (Fsp3) is 0.556. The number of allylic oxidation sites excluding steroid dienone is 1. The predicted octanol–water partition coefficient (Wildman–Crippen LogP) is 3.55. The van der Waals surface area contributed by atoms with Crippen molar-refractivity contribution in [3.8, 4) is 0 Å². The van der Waals surface area contributed by atoms with Crippen LogP contribution in [0.15, 0.2) is 42.0 Å². The van der Waals surface area contributed by atoms with E-state index >= 15 is 0 Å². The molecule has 0 radical (unpaired) electrons. The van der Waals surface area contributed by atoms with Gasteiger partial charge in [-0.2, -0.15) is 0 Å². The lowest BCUT2D eigenvalue weighted by molar-refractivity contribution is 0.0945. The van der Waals surface area contributed by atoms with Crippen LogP contribution in [0, 0.1) is 0 Å². The minimum atomic E-state index is 0.0580. The Labute approximate surface area is 123 Å². The maximum atomic E-state index is 3.77. The van der Waals surface area contributed by atoms with Gasteiger partial charge in [0.15, 0.2) is 0 Å². The first-order valence-corrected chi connectivity index (χ1v) is 7.73. The monoisotopic (exact) mass is 272 g/mol. The Morgan fingerprint density at radius 1 is 1.35 bits per heavy atom. The summed E-state index contributed by atoms with van der Waals surface area (Å²) in [6, 6.07) is 11.5. The van der Waals surface area contributed by atoms with Crippen molar-refractivity contribution in [2.75, 3.05) is 19.6 Å². The lowest BCUT2D eigenvalue weighted by Gasteiger charge is -2.46. The molecule has 0 spiro atoms. The van der Waals surface area contributed by atoms with Crippen LogP contribution >= 0.6 is 0 Å². The van der Waals surface area contributed by atoms with Crippen LogP contribution in [-0.4, -0.2) is 30.6 Å². The Morgan fingerprint density at radius 3 is 2.65 bits per heavy atom. The molecule has 2 rings (SSSR count). The van der Waals surface area contributed by atoms with Crippen molar-refractivity contribution >= 4 is 0 Å². The van der Waals surface area contributed by atoms with Gasteiger partial charge >= 0.3 is 0 Å². The normalized spacial score (nSPS) is 27.3. The molecule has 2 heteroatoms. The zero-order valence-corrected chi connectivity index (χ0v) is 13.3. The van der Waals surface area contributed by atoms with Crippen molar-refractivity contribution in [1.82, 2.24) is 10.2 Å². The van der Waals surface area contributed by atoms with Gasteiger partial charge < -0.3 is 5.32 Å². The quantitative estimate of drug-likeness (QED) is 0.843. The van der Waals surface area contributed by atoms with Crippen molar-refractivity contribution in [1.29, 1.82) is 0 Å². The molecule has 1 saturated heterocycles. The molecule has 1 aromatic rings. The van der Waals surface area contributed by atoms with E-state index in [1.165, 1.54) is 17.6 Å². The summed E-state index contributed by atoms with van der Waals surface area (Å²) < 4.78 is 0. The molecule has 0 amide bonds. The first-order chi connectivity index (χ1) is 9.55. The number of nitrogens with one attached hydrogen (secondary N) is 1. The third-order valence-electron chi connectivity index (χ3n) is 4.38. The van der Waals surface area contributed by atoms with Crippen molar-refractivity contribution in [2.45, 2.75) is 45.7 Å². The van der Waals surface area contributed by atoms with Gasteiger partial charge in [0.2, 0.25) is 0 Å². The van der Waals surface area contributed by atoms with Gasteiger partial charge in [-0.3, -0.25) is 4.90 Å². The lowest BCUT2D eigenvalue weighted by Crippen LogP contribution is -2.60. The average Bonchev–Trinajstić information content (AvgIpc) is 2.46. The minimum absolute atomic E-state index is 0.0580. The van der Waals surface area contributed by atoms with Crippen LogP contribution in [0.4, 0.5) is 0 Å². The highest BCUT2D eigenvalue weighted by Crippen LogP contribution is 2.27. The zero-order chi connectivity index (χ0) is 14.6. The van der Waals surface area contributed by atoms with Gasteiger partial charge in [-0.25, -0.2) is 0 Å². The van der Waals surface area contributed by atoms with Crippen molar-refractivity contribution < 1.29 is 0 Å². The maximum absolute atomic E-state index is 3.77. The van der Waals surface area contributed by atoms with Crippen LogP contribution in [0.2, 0.25) is 0 Å². The summed E-state index contributed by atoms with van der Waals surface area (Å²) in [6.07, 6.45) is 3.55. The van der Waals surface area contributed by atoms with Crippen LogP contribution in [0.25, 0.3) is 0 Å². The van der Waals surface area contributed by atoms with E-state index in [1.54, 1.807) is 0 Å². The Balaban J connectivity index is 2.16. The Hall–Kier alpha value is -1.12. The second-order valence-electron chi connectivity index (χ2n) is 6.35. The van der Waals surface area contributed by atoms with Crippen molar-refractivity contribution in [3.63, 3.8) is 0 Å². The topological polar surface area (TPSA) is 15.3 Å². The van der Waals surface area contributed by atoms with Crippen molar-refractivity contribution in [3.05, 3.63) is 47.5 Å². The van der Waals surface area contributed by atoms with Gasteiger partial charge in [-0.1, -0.05) is 48.9 Å². The standard InChI is InChI=1S/C18H28N2/c1-5-17-13-19-18(4,16-9-7-6-8-10-16)14-20(17)12-11-15(2)3/h6-11,17,19H,5,12-14H2,1-4H3. The first-order valence-electron chi connectivity index (χ1n) is 7.73. The summed E-state index contributed by atoms with van der Waals surface area (Å²) in [7, 11) is 0.